The Hall–Kier alpha value is -1.26. The lowest BCUT2D eigenvalue weighted by molar-refractivity contribution is 0.0279. The Morgan fingerprint density at radius 3 is 2.79 bits per heavy atom. The van der Waals surface area contributed by atoms with Crippen LogP contribution in [0.1, 0.15) is 25.5 Å². The number of phenolic OH excluding ortho intramolecular Hbond substituents is 2. The average molecular weight is 197 g/mol. The highest BCUT2D eigenvalue weighted by molar-refractivity contribution is 5.40. The van der Waals surface area contributed by atoms with E-state index in [1.165, 1.54) is 18.2 Å². The monoisotopic (exact) mass is 197 g/mol. The van der Waals surface area contributed by atoms with E-state index in [9.17, 15) is 10.2 Å². The van der Waals surface area contributed by atoms with E-state index in [1.807, 2.05) is 13.8 Å². The molecule has 0 aliphatic heterocycles. The third kappa shape index (κ3) is 2.61. The molecule has 0 bridgehead atoms. The molecule has 1 aromatic carbocycles. The van der Waals surface area contributed by atoms with Gasteiger partial charge < -0.3 is 15.1 Å². The third-order valence-electron chi connectivity index (χ3n) is 1.88. The molecule has 1 rings (SSSR count). The molecular weight excluding hydrogens is 182 g/mol. The molecule has 1 atom stereocenters. The smallest absolute Gasteiger partial charge is 0.120 e. The van der Waals surface area contributed by atoms with Crippen molar-refractivity contribution in [3.63, 3.8) is 0 Å². The number of benzene rings is 1. The van der Waals surface area contributed by atoms with Crippen molar-refractivity contribution < 1.29 is 15.1 Å². The molecule has 0 spiro atoms. The molecule has 4 nitrogen and oxygen atoms in total. The van der Waals surface area contributed by atoms with Crippen LogP contribution in [0.5, 0.6) is 11.5 Å². The molecule has 0 aliphatic rings. The van der Waals surface area contributed by atoms with E-state index in [2.05, 4.69) is 5.48 Å². The number of hydroxylamine groups is 1. The van der Waals surface area contributed by atoms with Gasteiger partial charge in [0.05, 0.1) is 12.6 Å². The fraction of sp³-hybridized carbons (Fsp3) is 0.400. The molecule has 3 N–H and O–H groups in total. The Bertz CT molecular complexity index is 301. The SMILES string of the molecule is CCONC(C)c1cc(O)ccc1O. The summed E-state index contributed by atoms with van der Waals surface area (Å²) in [6.45, 7) is 4.25. The zero-order valence-electron chi connectivity index (χ0n) is 8.32. The maximum atomic E-state index is 9.50. The van der Waals surface area contributed by atoms with Gasteiger partial charge in [-0.3, -0.25) is 0 Å². The summed E-state index contributed by atoms with van der Waals surface area (Å²) < 4.78 is 0. The molecule has 78 valence electrons. The normalized spacial score (nSPS) is 12.7. The van der Waals surface area contributed by atoms with E-state index < -0.39 is 0 Å². The van der Waals surface area contributed by atoms with Gasteiger partial charge >= 0.3 is 0 Å². The highest BCUT2D eigenvalue weighted by Crippen LogP contribution is 2.27. The number of aromatic hydroxyl groups is 2. The van der Waals surface area contributed by atoms with Crippen molar-refractivity contribution in [1.82, 2.24) is 5.48 Å². The molecular formula is C10H15NO3. The first-order chi connectivity index (χ1) is 6.65. The molecule has 0 radical (unpaired) electrons. The van der Waals surface area contributed by atoms with Gasteiger partial charge in [0, 0.05) is 5.56 Å². The van der Waals surface area contributed by atoms with E-state index in [-0.39, 0.29) is 17.5 Å². The summed E-state index contributed by atoms with van der Waals surface area (Å²) in [7, 11) is 0. The Labute approximate surface area is 83.1 Å². The predicted octanol–water partition coefficient (Wildman–Crippen LogP) is 1.70. The van der Waals surface area contributed by atoms with Crippen molar-refractivity contribution in [2.45, 2.75) is 19.9 Å². The van der Waals surface area contributed by atoms with Crippen LogP contribution in [0.4, 0.5) is 0 Å². The molecule has 0 fully saturated rings. The quantitative estimate of drug-likeness (QED) is 0.508. The maximum Gasteiger partial charge on any atom is 0.120 e. The lowest BCUT2D eigenvalue weighted by Crippen LogP contribution is -2.18. The standard InChI is InChI=1S/C10H15NO3/c1-3-14-11-7(2)9-6-8(12)4-5-10(9)13/h4-7,11-13H,3H2,1-2H3. The van der Waals surface area contributed by atoms with Crippen molar-refractivity contribution in [2.24, 2.45) is 0 Å². The number of phenols is 2. The molecule has 14 heavy (non-hydrogen) atoms. The minimum atomic E-state index is -0.165. The zero-order valence-corrected chi connectivity index (χ0v) is 8.32. The van der Waals surface area contributed by atoms with Crippen LogP contribution in [0.15, 0.2) is 18.2 Å². The fourth-order valence-electron chi connectivity index (χ4n) is 1.16. The second kappa shape index (κ2) is 4.83. The molecule has 0 saturated carbocycles. The van der Waals surface area contributed by atoms with Gasteiger partial charge in [-0.2, -0.15) is 5.48 Å². The summed E-state index contributed by atoms with van der Waals surface area (Å²) in [5.41, 5.74) is 3.36. The fourth-order valence-corrected chi connectivity index (χ4v) is 1.16. The largest absolute Gasteiger partial charge is 0.508 e. The van der Waals surface area contributed by atoms with Crippen molar-refractivity contribution >= 4 is 0 Å². The summed E-state index contributed by atoms with van der Waals surface area (Å²) in [6, 6.07) is 4.23. The van der Waals surface area contributed by atoms with Crippen LogP contribution in [-0.2, 0) is 4.84 Å². The summed E-state index contributed by atoms with van der Waals surface area (Å²) in [5, 5.41) is 18.7. The van der Waals surface area contributed by atoms with Crippen LogP contribution in [0.25, 0.3) is 0 Å². The molecule has 1 unspecified atom stereocenters. The van der Waals surface area contributed by atoms with Crippen molar-refractivity contribution in [2.75, 3.05) is 6.61 Å². The van der Waals surface area contributed by atoms with Crippen molar-refractivity contribution in [1.29, 1.82) is 0 Å². The van der Waals surface area contributed by atoms with Crippen LogP contribution < -0.4 is 5.48 Å². The maximum absolute atomic E-state index is 9.50. The predicted molar refractivity (Wildman–Crippen MR) is 52.9 cm³/mol. The van der Waals surface area contributed by atoms with E-state index in [0.717, 1.165) is 0 Å². The molecule has 0 aliphatic carbocycles. The molecule has 4 heteroatoms. The second-order valence-electron chi connectivity index (χ2n) is 3.02. The number of hydrogen-bond donors (Lipinski definition) is 3. The van der Waals surface area contributed by atoms with Crippen LogP contribution >= 0.6 is 0 Å². The van der Waals surface area contributed by atoms with Gasteiger partial charge in [0.15, 0.2) is 0 Å². The van der Waals surface area contributed by atoms with Crippen molar-refractivity contribution in [3.8, 4) is 11.5 Å². The minimum Gasteiger partial charge on any atom is -0.508 e. The van der Waals surface area contributed by atoms with Crippen LogP contribution in [0.2, 0.25) is 0 Å². The van der Waals surface area contributed by atoms with Crippen molar-refractivity contribution in [3.05, 3.63) is 23.8 Å². The first-order valence-corrected chi connectivity index (χ1v) is 4.54. The van der Waals surface area contributed by atoms with Gasteiger partial charge in [0.1, 0.15) is 11.5 Å². The van der Waals surface area contributed by atoms with Gasteiger partial charge in [0.25, 0.3) is 0 Å². The van der Waals surface area contributed by atoms with Gasteiger partial charge in [-0.25, -0.2) is 0 Å². The first-order valence-electron chi connectivity index (χ1n) is 4.54. The van der Waals surface area contributed by atoms with E-state index >= 15 is 0 Å². The molecule has 0 amide bonds. The topological polar surface area (TPSA) is 61.7 Å². The molecule has 1 aromatic rings. The summed E-state index contributed by atoms with van der Waals surface area (Å²) in [6.07, 6.45) is 0. The van der Waals surface area contributed by atoms with Crippen LogP contribution in [-0.4, -0.2) is 16.8 Å². The summed E-state index contributed by atoms with van der Waals surface area (Å²) >= 11 is 0. The Balaban J connectivity index is 2.77. The second-order valence-corrected chi connectivity index (χ2v) is 3.02. The minimum absolute atomic E-state index is 0.128. The highest BCUT2D eigenvalue weighted by Gasteiger charge is 2.10. The molecule has 0 heterocycles. The van der Waals surface area contributed by atoms with E-state index in [1.54, 1.807) is 0 Å². The first kappa shape index (κ1) is 10.8. The molecule has 0 aromatic heterocycles. The zero-order chi connectivity index (χ0) is 10.6. The van der Waals surface area contributed by atoms with E-state index in [4.69, 9.17) is 4.84 Å². The lowest BCUT2D eigenvalue weighted by atomic mass is 10.1. The summed E-state index contributed by atoms with van der Waals surface area (Å²) in [4.78, 5) is 5.00. The van der Waals surface area contributed by atoms with Gasteiger partial charge in [0.2, 0.25) is 0 Å². The van der Waals surface area contributed by atoms with Gasteiger partial charge in [-0.1, -0.05) is 0 Å². The van der Waals surface area contributed by atoms with Crippen LogP contribution in [0.3, 0.4) is 0 Å². The van der Waals surface area contributed by atoms with Gasteiger partial charge in [-0.15, -0.1) is 0 Å². The number of rotatable bonds is 4. The lowest BCUT2D eigenvalue weighted by Gasteiger charge is -2.14. The van der Waals surface area contributed by atoms with Crippen LogP contribution in [0, 0.1) is 0 Å². The number of nitrogens with one attached hydrogen (secondary N) is 1. The number of hydrogen-bond acceptors (Lipinski definition) is 4. The van der Waals surface area contributed by atoms with Gasteiger partial charge in [-0.05, 0) is 32.0 Å². The Morgan fingerprint density at radius 2 is 2.14 bits per heavy atom. The highest BCUT2D eigenvalue weighted by atomic mass is 16.6. The average Bonchev–Trinajstić information content (AvgIpc) is 2.18. The Morgan fingerprint density at radius 1 is 1.43 bits per heavy atom. The van der Waals surface area contributed by atoms with E-state index in [0.29, 0.717) is 12.2 Å². The molecule has 0 saturated heterocycles. The third-order valence-corrected chi connectivity index (χ3v) is 1.88. The summed E-state index contributed by atoms with van der Waals surface area (Å²) in [5.74, 6) is 0.269. The Kier molecular flexibility index (Phi) is 3.73.